The maximum absolute atomic E-state index is 12.5. The molecule has 1 fully saturated rings. The summed E-state index contributed by atoms with van der Waals surface area (Å²) in [5.74, 6) is 0.211. The average Bonchev–Trinajstić information content (AvgIpc) is 2.55. The maximum Gasteiger partial charge on any atom is 0.265 e. The minimum atomic E-state index is -0.575. The van der Waals surface area contributed by atoms with Gasteiger partial charge in [-0.25, -0.2) is 0 Å². The third-order valence-electron chi connectivity index (χ3n) is 3.91. The lowest BCUT2D eigenvalue weighted by Crippen LogP contribution is -2.48. The van der Waals surface area contributed by atoms with Crippen LogP contribution in [-0.2, 0) is 9.59 Å². The molecule has 0 radical (unpaired) electrons. The van der Waals surface area contributed by atoms with E-state index >= 15 is 0 Å². The molecule has 116 valence electrons. The highest BCUT2D eigenvalue weighted by molar-refractivity contribution is 6.00. The lowest BCUT2D eigenvalue weighted by molar-refractivity contribution is -0.122. The minimum absolute atomic E-state index is 0.0958. The molecule has 2 aliphatic heterocycles. The predicted molar refractivity (Wildman–Crippen MR) is 78.7 cm³/mol. The zero-order valence-corrected chi connectivity index (χ0v) is 12.2. The van der Waals surface area contributed by atoms with E-state index in [2.05, 4.69) is 5.32 Å². The van der Waals surface area contributed by atoms with Crippen LogP contribution in [0.4, 0.5) is 5.69 Å². The molecular weight excluding hydrogens is 286 g/mol. The number of hydrogen-bond acceptors (Lipinski definition) is 4. The minimum Gasteiger partial charge on any atom is -0.479 e. The van der Waals surface area contributed by atoms with Crippen LogP contribution in [0.1, 0.15) is 17.3 Å². The van der Waals surface area contributed by atoms with E-state index in [1.165, 1.54) is 0 Å². The van der Waals surface area contributed by atoms with Crippen LogP contribution < -0.4 is 10.1 Å². The van der Waals surface area contributed by atoms with Crippen molar-refractivity contribution in [2.24, 2.45) is 0 Å². The monoisotopic (exact) mass is 303 g/mol. The van der Waals surface area contributed by atoms with E-state index < -0.39 is 6.10 Å². The lowest BCUT2D eigenvalue weighted by atomic mass is 10.1. The number of rotatable bonds is 2. The molecule has 0 aromatic heterocycles. The first-order valence-electron chi connectivity index (χ1n) is 7.18. The number of carbonyl (C=O) groups excluding carboxylic acids is 3. The molecule has 1 aromatic carbocycles. The highest BCUT2D eigenvalue weighted by Gasteiger charge is 2.26. The second-order valence-corrected chi connectivity index (χ2v) is 5.39. The Labute approximate surface area is 127 Å². The van der Waals surface area contributed by atoms with Crippen LogP contribution in [0.25, 0.3) is 0 Å². The van der Waals surface area contributed by atoms with Gasteiger partial charge in [0.2, 0.25) is 6.41 Å². The van der Waals surface area contributed by atoms with Crippen molar-refractivity contribution in [3.63, 3.8) is 0 Å². The van der Waals surface area contributed by atoms with Crippen molar-refractivity contribution < 1.29 is 19.1 Å². The number of anilines is 1. The Balaban J connectivity index is 1.75. The molecule has 7 heteroatoms. The Morgan fingerprint density at radius 2 is 2.05 bits per heavy atom. The van der Waals surface area contributed by atoms with E-state index in [1.807, 2.05) is 0 Å². The first kappa shape index (κ1) is 14.4. The van der Waals surface area contributed by atoms with Gasteiger partial charge in [-0.3, -0.25) is 14.4 Å². The Hall–Kier alpha value is -2.57. The molecule has 0 saturated carbocycles. The van der Waals surface area contributed by atoms with Gasteiger partial charge in [-0.05, 0) is 25.1 Å². The largest absolute Gasteiger partial charge is 0.479 e. The average molecular weight is 303 g/mol. The van der Waals surface area contributed by atoms with E-state index in [0.717, 1.165) is 6.41 Å². The summed E-state index contributed by atoms with van der Waals surface area (Å²) in [6.07, 6.45) is 0.229. The molecule has 1 unspecified atom stereocenters. The molecule has 22 heavy (non-hydrogen) atoms. The second kappa shape index (κ2) is 5.67. The Bertz CT molecular complexity index is 623. The Morgan fingerprint density at radius 3 is 2.73 bits per heavy atom. The molecule has 1 atom stereocenters. The second-order valence-electron chi connectivity index (χ2n) is 5.39. The van der Waals surface area contributed by atoms with Crippen LogP contribution in [0.15, 0.2) is 18.2 Å². The quantitative estimate of drug-likeness (QED) is 0.798. The first-order chi connectivity index (χ1) is 10.6. The summed E-state index contributed by atoms with van der Waals surface area (Å²) in [5.41, 5.74) is 1.09. The molecule has 1 saturated heterocycles. The van der Waals surface area contributed by atoms with E-state index in [1.54, 1.807) is 34.9 Å². The molecule has 1 N–H and O–H groups in total. The van der Waals surface area contributed by atoms with Crippen molar-refractivity contribution in [3.05, 3.63) is 23.8 Å². The number of carbonyl (C=O) groups is 3. The number of piperazine rings is 1. The van der Waals surface area contributed by atoms with Crippen LogP contribution in [-0.4, -0.2) is 60.3 Å². The van der Waals surface area contributed by atoms with Crippen molar-refractivity contribution in [1.29, 1.82) is 0 Å². The third-order valence-corrected chi connectivity index (χ3v) is 3.91. The molecule has 7 nitrogen and oxygen atoms in total. The van der Waals surface area contributed by atoms with Crippen LogP contribution in [0.2, 0.25) is 0 Å². The Morgan fingerprint density at radius 1 is 1.32 bits per heavy atom. The summed E-state index contributed by atoms with van der Waals surface area (Å²) in [6, 6.07) is 5.00. The highest BCUT2D eigenvalue weighted by Crippen LogP contribution is 2.30. The number of benzene rings is 1. The maximum atomic E-state index is 12.5. The fourth-order valence-electron chi connectivity index (χ4n) is 2.55. The first-order valence-corrected chi connectivity index (χ1v) is 7.18. The van der Waals surface area contributed by atoms with Crippen molar-refractivity contribution >= 4 is 23.9 Å². The van der Waals surface area contributed by atoms with Crippen LogP contribution >= 0.6 is 0 Å². The van der Waals surface area contributed by atoms with Gasteiger partial charge in [0, 0.05) is 31.7 Å². The summed E-state index contributed by atoms with van der Waals surface area (Å²) in [5, 5.41) is 2.73. The number of nitrogens with zero attached hydrogens (tertiary/aromatic N) is 2. The molecule has 3 amide bonds. The zero-order valence-electron chi connectivity index (χ0n) is 12.2. The standard InChI is InChI=1S/C15H17N3O4/c1-10-14(20)16-12-3-2-11(8-13(12)22-10)15(21)18-6-4-17(9-19)5-7-18/h2-3,8-10H,4-7H2,1H3,(H,16,20). The summed E-state index contributed by atoms with van der Waals surface area (Å²) in [7, 11) is 0. The van der Waals surface area contributed by atoms with Crippen molar-refractivity contribution in [3.8, 4) is 5.75 Å². The van der Waals surface area contributed by atoms with Crippen LogP contribution in [0.5, 0.6) is 5.75 Å². The predicted octanol–water partition coefficient (Wildman–Crippen LogP) is 0.320. The lowest BCUT2D eigenvalue weighted by Gasteiger charge is -2.32. The smallest absolute Gasteiger partial charge is 0.265 e. The zero-order chi connectivity index (χ0) is 15.7. The molecule has 0 aliphatic carbocycles. The number of nitrogens with one attached hydrogen (secondary N) is 1. The van der Waals surface area contributed by atoms with Crippen LogP contribution in [0, 0.1) is 0 Å². The Kier molecular flexibility index (Phi) is 3.70. The number of hydrogen-bond donors (Lipinski definition) is 1. The van der Waals surface area contributed by atoms with E-state index in [0.29, 0.717) is 43.2 Å². The van der Waals surface area contributed by atoms with Crippen molar-refractivity contribution in [2.75, 3.05) is 31.5 Å². The van der Waals surface area contributed by atoms with Crippen molar-refractivity contribution in [1.82, 2.24) is 9.80 Å². The van der Waals surface area contributed by atoms with Gasteiger partial charge in [-0.1, -0.05) is 0 Å². The van der Waals surface area contributed by atoms with Gasteiger partial charge in [-0.15, -0.1) is 0 Å². The molecular formula is C15H17N3O4. The van der Waals surface area contributed by atoms with Gasteiger partial charge in [0.1, 0.15) is 5.75 Å². The molecule has 0 spiro atoms. The number of ether oxygens (including phenoxy) is 1. The summed E-state index contributed by atoms with van der Waals surface area (Å²) >= 11 is 0. The van der Waals surface area contributed by atoms with E-state index in [4.69, 9.17) is 4.74 Å². The SMILES string of the molecule is CC1Oc2cc(C(=O)N3CCN(C=O)CC3)ccc2NC1=O. The highest BCUT2D eigenvalue weighted by atomic mass is 16.5. The number of amides is 3. The van der Waals surface area contributed by atoms with Gasteiger partial charge in [0.15, 0.2) is 6.10 Å². The van der Waals surface area contributed by atoms with Gasteiger partial charge in [-0.2, -0.15) is 0 Å². The summed E-state index contributed by atoms with van der Waals surface area (Å²) < 4.78 is 5.52. The fourth-order valence-corrected chi connectivity index (χ4v) is 2.55. The van der Waals surface area contributed by atoms with Crippen LogP contribution in [0.3, 0.4) is 0 Å². The summed E-state index contributed by atoms with van der Waals surface area (Å²) in [4.78, 5) is 38.1. The molecule has 2 heterocycles. The molecule has 1 aromatic rings. The summed E-state index contributed by atoms with van der Waals surface area (Å²) in [6.45, 7) is 3.78. The van der Waals surface area contributed by atoms with Gasteiger partial charge < -0.3 is 19.9 Å². The van der Waals surface area contributed by atoms with Gasteiger partial charge in [0.25, 0.3) is 11.8 Å². The topological polar surface area (TPSA) is 79.0 Å². The van der Waals surface area contributed by atoms with Gasteiger partial charge >= 0.3 is 0 Å². The van der Waals surface area contributed by atoms with E-state index in [-0.39, 0.29) is 11.8 Å². The van der Waals surface area contributed by atoms with E-state index in [9.17, 15) is 14.4 Å². The number of fused-ring (bicyclic) bond motifs is 1. The van der Waals surface area contributed by atoms with Gasteiger partial charge in [0.05, 0.1) is 5.69 Å². The van der Waals surface area contributed by atoms with Crippen molar-refractivity contribution in [2.45, 2.75) is 13.0 Å². The molecule has 2 aliphatic rings. The molecule has 0 bridgehead atoms. The normalized spacial score (nSPS) is 20.8. The molecule has 3 rings (SSSR count). The third kappa shape index (κ3) is 2.61. The fraction of sp³-hybridized carbons (Fsp3) is 0.400.